The molecule has 0 spiro atoms. The van der Waals surface area contributed by atoms with Gasteiger partial charge in [0.05, 0.1) is 6.42 Å². The molecule has 0 aromatic rings. The van der Waals surface area contributed by atoms with Crippen molar-refractivity contribution in [1.29, 1.82) is 0 Å². The molecular formula is C6H6ClF3O3. The smallest absolute Gasteiger partial charge is 0.402 e. The molecule has 0 aliphatic carbocycles. The van der Waals surface area contributed by atoms with Gasteiger partial charge in [-0.2, -0.15) is 13.2 Å². The van der Waals surface area contributed by atoms with Gasteiger partial charge in [-0.15, -0.1) is 0 Å². The van der Waals surface area contributed by atoms with Crippen molar-refractivity contribution in [3.63, 3.8) is 0 Å². The Morgan fingerprint density at radius 3 is 1.85 bits per heavy atom. The Hall–Kier alpha value is -0.780. The van der Waals surface area contributed by atoms with Gasteiger partial charge in [0.25, 0.3) is 0 Å². The Kier molecular flexibility index (Phi) is 3.32. The lowest BCUT2D eigenvalue weighted by Crippen LogP contribution is -2.42. The fourth-order valence-electron chi connectivity index (χ4n) is 0.584. The number of hydrogen-bond donors (Lipinski definition) is 1. The Bertz CT molecular complexity index is 238. The van der Waals surface area contributed by atoms with E-state index in [2.05, 4.69) is 0 Å². The van der Waals surface area contributed by atoms with Crippen molar-refractivity contribution in [2.24, 2.45) is 5.41 Å². The van der Waals surface area contributed by atoms with E-state index in [1.54, 1.807) is 0 Å². The molecule has 0 fully saturated rings. The lowest BCUT2D eigenvalue weighted by Gasteiger charge is -2.25. The van der Waals surface area contributed by atoms with Gasteiger partial charge in [0.2, 0.25) is 5.24 Å². The summed E-state index contributed by atoms with van der Waals surface area (Å²) in [4.78, 5) is 20.5. The first-order chi connectivity index (χ1) is 5.61. The summed E-state index contributed by atoms with van der Waals surface area (Å²) in [7, 11) is 0. The zero-order valence-corrected chi connectivity index (χ0v) is 7.24. The largest absolute Gasteiger partial charge is 0.481 e. The minimum atomic E-state index is -4.95. The Balaban J connectivity index is 4.96. The number of carbonyl (C=O) groups excluding carboxylic acids is 1. The van der Waals surface area contributed by atoms with E-state index in [0.717, 1.165) is 0 Å². The van der Waals surface area contributed by atoms with Gasteiger partial charge in [0, 0.05) is 0 Å². The normalized spacial score (nSPS) is 16.4. The van der Waals surface area contributed by atoms with Crippen LogP contribution < -0.4 is 0 Å². The molecule has 1 N–H and O–H groups in total. The highest BCUT2D eigenvalue weighted by Gasteiger charge is 2.57. The summed E-state index contributed by atoms with van der Waals surface area (Å²) in [5, 5.41) is 6.43. The van der Waals surface area contributed by atoms with E-state index in [4.69, 9.17) is 16.7 Å². The third kappa shape index (κ3) is 2.58. The van der Waals surface area contributed by atoms with Crippen LogP contribution in [0.15, 0.2) is 0 Å². The summed E-state index contributed by atoms with van der Waals surface area (Å²) in [5.41, 5.74) is -3.01. The van der Waals surface area contributed by atoms with Gasteiger partial charge in [0.15, 0.2) is 0 Å². The number of carbonyl (C=O) groups is 2. The fraction of sp³-hybridized carbons (Fsp3) is 0.667. The first-order valence-electron chi connectivity index (χ1n) is 3.09. The quantitative estimate of drug-likeness (QED) is 0.735. The molecule has 0 radical (unpaired) electrons. The number of carboxylic acids is 1. The average molecular weight is 219 g/mol. The van der Waals surface area contributed by atoms with Crippen LogP contribution in [0.1, 0.15) is 13.3 Å². The number of aliphatic carboxylic acids is 1. The zero-order chi connectivity index (χ0) is 10.9. The van der Waals surface area contributed by atoms with Crippen LogP contribution >= 0.6 is 11.6 Å². The van der Waals surface area contributed by atoms with Gasteiger partial charge >= 0.3 is 12.1 Å². The third-order valence-electron chi connectivity index (χ3n) is 1.56. The van der Waals surface area contributed by atoms with Gasteiger partial charge in [-0.05, 0) is 18.5 Å². The van der Waals surface area contributed by atoms with Gasteiger partial charge in [-0.1, -0.05) is 0 Å². The van der Waals surface area contributed by atoms with E-state index in [1.165, 1.54) is 0 Å². The molecule has 7 heteroatoms. The Labute approximate surface area is 76.5 Å². The van der Waals surface area contributed by atoms with Gasteiger partial charge in [0.1, 0.15) is 5.41 Å². The van der Waals surface area contributed by atoms with E-state index in [9.17, 15) is 22.8 Å². The zero-order valence-electron chi connectivity index (χ0n) is 6.48. The molecule has 13 heavy (non-hydrogen) atoms. The summed E-state index contributed by atoms with van der Waals surface area (Å²) < 4.78 is 36.4. The van der Waals surface area contributed by atoms with Crippen LogP contribution in [0, 0.1) is 5.41 Å². The molecule has 0 rings (SSSR count). The number of hydrogen-bond acceptors (Lipinski definition) is 2. The SMILES string of the molecule is C[C@](CC(=O)O)(C(=O)Cl)C(F)(F)F. The topological polar surface area (TPSA) is 54.4 Å². The summed E-state index contributed by atoms with van der Waals surface area (Å²) in [6, 6.07) is 0. The molecule has 0 bridgehead atoms. The van der Waals surface area contributed by atoms with Crippen molar-refractivity contribution in [2.75, 3.05) is 0 Å². The fourth-order valence-corrected chi connectivity index (χ4v) is 0.758. The molecule has 0 unspecified atom stereocenters. The minimum Gasteiger partial charge on any atom is -0.481 e. The second kappa shape index (κ2) is 3.53. The van der Waals surface area contributed by atoms with Crippen LogP contribution in [-0.4, -0.2) is 22.5 Å². The second-order valence-electron chi connectivity index (χ2n) is 2.67. The van der Waals surface area contributed by atoms with Crippen molar-refractivity contribution in [3.05, 3.63) is 0 Å². The average Bonchev–Trinajstić information content (AvgIpc) is 1.82. The highest BCUT2D eigenvalue weighted by Crippen LogP contribution is 2.42. The first-order valence-corrected chi connectivity index (χ1v) is 3.47. The predicted octanol–water partition coefficient (Wildman–Crippen LogP) is 1.80. The Morgan fingerprint density at radius 2 is 1.77 bits per heavy atom. The van der Waals surface area contributed by atoms with E-state index in [-0.39, 0.29) is 0 Å². The van der Waals surface area contributed by atoms with Gasteiger partial charge < -0.3 is 5.11 Å². The van der Waals surface area contributed by atoms with Gasteiger partial charge in [-0.25, -0.2) is 0 Å². The summed E-state index contributed by atoms with van der Waals surface area (Å²) in [5.74, 6) is -1.73. The molecule has 3 nitrogen and oxygen atoms in total. The van der Waals surface area contributed by atoms with E-state index < -0.39 is 29.2 Å². The van der Waals surface area contributed by atoms with Crippen molar-refractivity contribution >= 4 is 22.8 Å². The molecule has 0 aromatic carbocycles. The Morgan fingerprint density at radius 1 is 1.38 bits per heavy atom. The maximum Gasteiger partial charge on any atom is 0.402 e. The van der Waals surface area contributed by atoms with Crippen LogP contribution in [0.5, 0.6) is 0 Å². The van der Waals surface area contributed by atoms with Crippen LogP contribution in [-0.2, 0) is 9.59 Å². The highest BCUT2D eigenvalue weighted by molar-refractivity contribution is 6.64. The lowest BCUT2D eigenvalue weighted by molar-refractivity contribution is -0.215. The van der Waals surface area contributed by atoms with E-state index in [0.29, 0.717) is 6.92 Å². The van der Waals surface area contributed by atoms with Crippen LogP contribution in [0.3, 0.4) is 0 Å². The second-order valence-corrected chi connectivity index (χ2v) is 3.02. The molecule has 0 aromatic heterocycles. The monoisotopic (exact) mass is 218 g/mol. The van der Waals surface area contributed by atoms with Crippen LogP contribution in [0.2, 0.25) is 0 Å². The maximum absolute atomic E-state index is 12.1. The van der Waals surface area contributed by atoms with Gasteiger partial charge in [-0.3, -0.25) is 9.59 Å². The molecule has 0 saturated heterocycles. The molecule has 0 heterocycles. The minimum absolute atomic E-state index is 0.455. The summed E-state index contributed by atoms with van der Waals surface area (Å²) in [6.45, 7) is 0.455. The maximum atomic E-state index is 12.1. The van der Waals surface area contributed by atoms with Crippen molar-refractivity contribution < 1.29 is 27.9 Å². The van der Waals surface area contributed by atoms with Crippen LogP contribution in [0.4, 0.5) is 13.2 Å². The number of carboxylic acid groups (broad SMARTS) is 1. The molecule has 0 amide bonds. The molecule has 0 aliphatic heterocycles. The van der Waals surface area contributed by atoms with E-state index >= 15 is 0 Å². The summed E-state index contributed by atoms with van der Waals surface area (Å²) >= 11 is 4.69. The number of rotatable bonds is 3. The third-order valence-corrected chi connectivity index (χ3v) is 1.98. The number of halogens is 4. The van der Waals surface area contributed by atoms with Crippen molar-refractivity contribution in [2.45, 2.75) is 19.5 Å². The molecular weight excluding hydrogens is 213 g/mol. The van der Waals surface area contributed by atoms with Crippen molar-refractivity contribution in [1.82, 2.24) is 0 Å². The number of alkyl halides is 3. The van der Waals surface area contributed by atoms with Crippen molar-refractivity contribution in [3.8, 4) is 0 Å². The lowest BCUT2D eigenvalue weighted by atomic mass is 9.87. The van der Waals surface area contributed by atoms with Crippen LogP contribution in [0.25, 0.3) is 0 Å². The standard InChI is InChI=1S/C6H6ClF3O3/c1-5(4(7)13,2-3(11)12)6(8,9)10/h2H2,1H3,(H,11,12)/t5-/m0/s1. The molecule has 0 saturated carbocycles. The molecule has 0 aliphatic rings. The first kappa shape index (κ1) is 12.2. The molecule has 1 atom stereocenters. The summed E-state index contributed by atoms with van der Waals surface area (Å²) in [6.07, 6.45) is -6.32. The highest BCUT2D eigenvalue weighted by atomic mass is 35.5. The molecule has 76 valence electrons. The van der Waals surface area contributed by atoms with E-state index in [1.807, 2.05) is 0 Å². The predicted molar refractivity (Wildman–Crippen MR) is 37.3 cm³/mol.